The summed E-state index contributed by atoms with van der Waals surface area (Å²) in [4.78, 5) is 52.2. The number of hydrogen-bond donors (Lipinski definition) is 1. The molecule has 0 aliphatic carbocycles. The summed E-state index contributed by atoms with van der Waals surface area (Å²) in [5.41, 5.74) is 1.39. The number of rotatable bonds is 5. The van der Waals surface area contributed by atoms with E-state index < -0.39 is 11.8 Å². The number of imide groups is 2. The average Bonchev–Trinajstić information content (AvgIpc) is 2.64. The lowest BCUT2D eigenvalue weighted by molar-refractivity contribution is 0.0519. The van der Waals surface area contributed by atoms with Crippen molar-refractivity contribution in [2.75, 3.05) is 0 Å². The molecule has 2 aromatic rings. The predicted molar refractivity (Wildman–Crippen MR) is 99.8 cm³/mol. The summed E-state index contributed by atoms with van der Waals surface area (Å²) in [6, 6.07) is 6.16. The van der Waals surface area contributed by atoms with Crippen LogP contribution in [0, 0.1) is 0 Å². The van der Waals surface area contributed by atoms with E-state index in [1.165, 1.54) is 4.90 Å². The molecule has 0 atom stereocenters. The minimum Gasteiger partial charge on any atom is -0.288 e. The molecule has 0 spiro atoms. The van der Waals surface area contributed by atoms with Gasteiger partial charge in [0.15, 0.2) is 0 Å². The van der Waals surface area contributed by atoms with Crippen LogP contribution in [0.3, 0.4) is 0 Å². The van der Waals surface area contributed by atoms with Gasteiger partial charge in [-0.25, -0.2) is 0 Å². The average molecular weight is 364 g/mol. The van der Waals surface area contributed by atoms with Gasteiger partial charge >= 0.3 is 0 Å². The Bertz CT molecular complexity index is 950. The highest BCUT2D eigenvalue weighted by atomic mass is 16.2. The zero-order chi connectivity index (χ0) is 19.3. The first kappa shape index (κ1) is 17.4. The van der Waals surface area contributed by atoms with Crippen LogP contribution in [0.15, 0.2) is 24.3 Å². The summed E-state index contributed by atoms with van der Waals surface area (Å²) < 4.78 is 0. The highest BCUT2D eigenvalue weighted by Gasteiger charge is 2.39. The molecule has 0 aromatic heterocycles. The molecule has 27 heavy (non-hydrogen) atoms. The van der Waals surface area contributed by atoms with Gasteiger partial charge in [-0.05, 0) is 37.1 Å². The second-order valence-corrected chi connectivity index (χ2v) is 7.07. The van der Waals surface area contributed by atoms with Crippen molar-refractivity contribution < 1.29 is 19.2 Å². The summed E-state index contributed by atoms with van der Waals surface area (Å²) in [5.74, 6) is -1.70. The van der Waals surface area contributed by atoms with E-state index in [0.29, 0.717) is 33.0 Å². The van der Waals surface area contributed by atoms with Gasteiger partial charge in [0.1, 0.15) is 0 Å². The minimum atomic E-state index is -0.506. The normalized spacial score (nSPS) is 15.7. The van der Waals surface area contributed by atoms with E-state index in [-0.39, 0.29) is 17.9 Å². The number of carbonyl (C=O) groups excluding carboxylic acids is 4. The number of amides is 4. The van der Waals surface area contributed by atoms with Gasteiger partial charge in [-0.3, -0.25) is 29.4 Å². The molecule has 0 unspecified atom stereocenters. The van der Waals surface area contributed by atoms with Crippen molar-refractivity contribution in [1.82, 2.24) is 10.2 Å². The van der Waals surface area contributed by atoms with Crippen LogP contribution in [0.2, 0.25) is 0 Å². The molecule has 1 N–H and O–H groups in total. The molecule has 4 rings (SSSR count). The van der Waals surface area contributed by atoms with Gasteiger partial charge in [-0.1, -0.05) is 26.7 Å². The maximum absolute atomic E-state index is 13.2. The first-order valence-electron chi connectivity index (χ1n) is 9.32. The topological polar surface area (TPSA) is 83.6 Å². The van der Waals surface area contributed by atoms with Crippen LogP contribution in [0.4, 0.5) is 0 Å². The fourth-order valence-corrected chi connectivity index (χ4v) is 4.22. The molecule has 2 aromatic carbocycles. The van der Waals surface area contributed by atoms with Gasteiger partial charge in [-0.15, -0.1) is 0 Å². The summed E-state index contributed by atoms with van der Waals surface area (Å²) in [5, 5.41) is 3.12. The van der Waals surface area contributed by atoms with E-state index in [2.05, 4.69) is 5.32 Å². The highest BCUT2D eigenvalue weighted by molar-refractivity contribution is 6.33. The molecule has 0 bridgehead atoms. The lowest BCUT2D eigenvalue weighted by Crippen LogP contribution is -2.47. The first-order valence-corrected chi connectivity index (χ1v) is 9.32. The molecule has 6 nitrogen and oxygen atoms in total. The van der Waals surface area contributed by atoms with Crippen molar-refractivity contribution >= 4 is 34.4 Å². The minimum absolute atomic E-state index is 0.152. The smallest absolute Gasteiger partial charge is 0.261 e. The molecule has 2 aliphatic rings. The molecule has 138 valence electrons. The van der Waals surface area contributed by atoms with Crippen LogP contribution in [-0.4, -0.2) is 34.6 Å². The maximum Gasteiger partial charge on any atom is 0.261 e. The van der Waals surface area contributed by atoms with Crippen molar-refractivity contribution in [2.24, 2.45) is 0 Å². The Kier molecular flexibility index (Phi) is 4.06. The summed E-state index contributed by atoms with van der Waals surface area (Å²) in [7, 11) is 0. The quantitative estimate of drug-likeness (QED) is 0.825. The maximum atomic E-state index is 13.2. The van der Waals surface area contributed by atoms with Crippen molar-refractivity contribution in [2.45, 2.75) is 45.6 Å². The van der Waals surface area contributed by atoms with Gasteiger partial charge < -0.3 is 0 Å². The van der Waals surface area contributed by atoms with Gasteiger partial charge in [0.25, 0.3) is 23.6 Å². The SMILES string of the molecule is CCCC(CCC)N1C(=O)c2ccc3c4c(ccc(c24)C1=O)C(=O)NC3=O. The molecule has 0 saturated heterocycles. The van der Waals surface area contributed by atoms with Gasteiger partial charge in [0.2, 0.25) is 0 Å². The third kappa shape index (κ3) is 2.40. The monoisotopic (exact) mass is 364 g/mol. The molecule has 2 heterocycles. The Labute approximate surface area is 156 Å². The molecule has 0 radical (unpaired) electrons. The molecule has 4 amide bonds. The van der Waals surface area contributed by atoms with Crippen LogP contribution in [0.25, 0.3) is 10.8 Å². The van der Waals surface area contributed by atoms with Crippen LogP contribution < -0.4 is 5.32 Å². The molecule has 0 saturated carbocycles. The van der Waals surface area contributed by atoms with Crippen molar-refractivity contribution in [3.8, 4) is 0 Å². The number of nitrogens with zero attached hydrogens (tertiary/aromatic N) is 1. The van der Waals surface area contributed by atoms with Crippen molar-refractivity contribution in [3.63, 3.8) is 0 Å². The van der Waals surface area contributed by atoms with E-state index in [0.717, 1.165) is 25.7 Å². The lowest BCUT2D eigenvalue weighted by atomic mass is 9.85. The van der Waals surface area contributed by atoms with Crippen LogP contribution in [0.1, 0.15) is 81.0 Å². The van der Waals surface area contributed by atoms with Crippen LogP contribution >= 0.6 is 0 Å². The molecule has 6 heteroatoms. The number of carbonyl (C=O) groups is 4. The summed E-state index contributed by atoms with van der Waals surface area (Å²) in [6.07, 6.45) is 3.24. The van der Waals surface area contributed by atoms with Gasteiger partial charge in [0.05, 0.1) is 0 Å². The Hall–Kier alpha value is -3.02. The van der Waals surface area contributed by atoms with E-state index in [4.69, 9.17) is 0 Å². The first-order chi connectivity index (χ1) is 13.0. The van der Waals surface area contributed by atoms with E-state index in [9.17, 15) is 19.2 Å². The Morgan fingerprint density at radius 2 is 1.15 bits per heavy atom. The molecule has 2 aliphatic heterocycles. The van der Waals surface area contributed by atoms with Gasteiger partial charge in [0, 0.05) is 39.1 Å². The lowest BCUT2D eigenvalue weighted by Gasteiger charge is -2.34. The zero-order valence-corrected chi connectivity index (χ0v) is 15.3. The van der Waals surface area contributed by atoms with E-state index >= 15 is 0 Å². The molecule has 0 fully saturated rings. The third-order valence-electron chi connectivity index (χ3n) is 5.38. The Balaban J connectivity index is 1.97. The van der Waals surface area contributed by atoms with E-state index in [1.54, 1.807) is 24.3 Å². The van der Waals surface area contributed by atoms with Gasteiger partial charge in [-0.2, -0.15) is 0 Å². The second-order valence-electron chi connectivity index (χ2n) is 7.07. The van der Waals surface area contributed by atoms with Crippen molar-refractivity contribution in [3.05, 3.63) is 46.5 Å². The fraction of sp³-hybridized carbons (Fsp3) is 0.333. The fourth-order valence-electron chi connectivity index (χ4n) is 4.22. The zero-order valence-electron chi connectivity index (χ0n) is 15.3. The standard InChI is InChI=1S/C21H20N2O4/c1-3-5-11(6-4-2)23-20(26)14-9-7-12-16-13(19(25)22-18(12)24)8-10-15(17(14)16)21(23)27/h7-11H,3-6H2,1-2H3,(H,22,24,25). The largest absolute Gasteiger partial charge is 0.288 e. The highest BCUT2D eigenvalue weighted by Crippen LogP contribution is 2.37. The predicted octanol–water partition coefficient (Wildman–Crippen LogP) is 3.29. The molecular formula is C21H20N2O4. The Morgan fingerprint density at radius 3 is 1.59 bits per heavy atom. The molecular weight excluding hydrogens is 344 g/mol. The van der Waals surface area contributed by atoms with Crippen molar-refractivity contribution in [1.29, 1.82) is 0 Å². The van der Waals surface area contributed by atoms with Crippen LogP contribution in [0.5, 0.6) is 0 Å². The summed E-state index contributed by atoms with van der Waals surface area (Å²) >= 11 is 0. The second kappa shape index (κ2) is 6.30. The number of nitrogens with one attached hydrogen (secondary N) is 1. The van der Waals surface area contributed by atoms with Crippen LogP contribution in [-0.2, 0) is 0 Å². The number of hydrogen-bond acceptors (Lipinski definition) is 4. The Morgan fingerprint density at radius 1 is 0.741 bits per heavy atom. The number of benzene rings is 2. The third-order valence-corrected chi connectivity index (χ3v) is 5.38. The summed E-state index contributed by atoms with van der Waals surface area (Å²) in [6.45, 7) is 4.07. The van der Waals surface area contributed by atoms with E-state index in [1.807, 2.05) is 13.8 Å².